The van der Waals surface area contributed by atoms with Crippen molar-refractivity contribution in [3.63, 3.8) is 0 Å². The van der Waals surface area contributed by atoms with Crippen LogP contribution >= 0.6 is 11.6 Å². The average Bonchev–Trinajstić information content (AvgIpc) is 2.79. The molecule has 0 amide bonds. The van der Waals surface area contributed by atoms with Gasteiger partial charge in [-0.1, -0.05) is 17.7 Å². The van der Waals surface area contributed by atoms with Crippen molar-refractivity contribution in [2.45, 2.75) is 50.7 Å². The van der Waals surface area contributed by atoms with E-state index in [1.165, 1.54) is 11.1 Å². The highest BCUT2D eigenvalue weighted by Crippen LogP contribution is 2.43. The smallest absolute Gasteiger partial charge is 0.142 e. The van der Waals surface area contributed by atoms with Gasteiger partial charge in [0.15, 0.2) is 0 Å². The third-order valence-corrected chi connectivity index (χ3v) is 3.90. The van der Waals surface area contributed by atoms with Gasteiger partial charge < -0.3 is 10.5 Å². The molecule has 0 aromatic heterocycles. The second-order valence-electron chi connectivity index (χ2n) is 6.14. The Bertz CT molecular complexity index is 477. The molecule has 1 saturated carbocycles. The van der Waals surface area contributed by atoms with E-state index in [0.29, 0.717) is 0 Å². The summed E-state index contributed by atoms with van der Waals surface area (Å²) in [7, 11) is 0. The first-order valence-corrected chi connectivity index (χ1v) is 6.54. The van der Waals surface area contributed by atoms with Crippen LogP contribution in [0.3, 0.4) is 0 Å². The number of halogens is 1. The van der Waals surface area contributed by atoms with E-state index in [1.54, 1.807) is 0 Å². The summed E-state index contributed by atoms with van der Waals surface area (Å²) in [4.78, 5) is 0. The molecule has 92 valence electrons. The summed E-state index contributed by atoms with van der Waals surface area (Å²) in [5.74, 6) is 0.863. The van der Waals surface area contributed by atoms with Gasteiger partial charge in [0.25, 0.3) is 0 Å². The summed E-state index contributed by atoms with van der Waals surface area (Å²) >= 11 is 6.29. The molecule has 1 heterocycles. The van der Waals surface area contributed by atoms with Crippen LogP contribution in [0, 0.1) is 0 Å². The van der Waals surface area contributed by atoms with Crippen LogP contribution in [0.1, 0.15) is 37.8 Å². The Morgan fingerprint density at radius 3 is 2.71 bits per heavy atom. The van der Waals surface area contributed by atoms with Crippen molar-refractivity contribution in [1.29, 1.82) is 0 Å². The van der Waals surface area contributed by atoms with Gasteiger partial charge in [-0.3, -0.25) is 0 Å². The van der Waals surface area contributed by atoms with Crippen molar-refractivity contribution in [3.8, 4) is 5.75 Å². The fourth-order valence-electron chi connectivity index (χ4n) is 2.58. The minimum Gasteiger partial charge on any atom is -0.486 e. The second-order valence-corrected chi connectivity index (χ2v) is 6.55. The molecule has 2 aliphatic rings. The van der Waals surface area contributed by atoms with Gasteiger partial charge in [-0.05, 0) is 50.3 Å². The molecule has 2 N–H and O–H groups in total. The topological polar surface area (TPSA) is 35.2 Å². The van der Waals surface area contributed by atoms with E-state index in [4.69, 9.17) is 22.1 Å². The van der Waals surface area contributed by atoms with Crippen molar-refractivity contribution in [3.05, 3.63) is 28.3 Å². The molecule has 0 bridgehead atoms. The van der Waals surface area contributed by atoms with Gasteiger partial charge in [-0.15, -0.1) is 0 Å². The highest BCUT2D eigenvalue weighted by atomic mass is 35.5. The summed E-state index contributed by atoms with van der Waals surface area (Å²) in [5, 5.41) is 0.729. The Morgan fingerprint density at radius 2 is 2.06 bits per heavy atom. The lowest BCUT2D eigenvalue weighted by Gasteiger charge is -2.17. The van der Waals surface area contributed by atoms with Gasteiger partial charge in [-0.25, -0.2) is 0 Å². The Kier molecular flexibility index (Phi) is 2.27. The lowest BCUT2D eigenvalue weighted by Crippen LogP contribution is -2.24. The first-order valence-electron chi connectivity index (χ1n) is 6.16. The largest absolute Gasteiger partial charge is 0.486 e. The zero-order valence-electron chi connectivity index (χ0n) is 10.3. The van der Waals surface area contributed by atoms with Crippen molar-refractivity contribution < 1.29 is 4.74 Å². The Hall–Kier alpha value is -0.730. The Morgan fingerprint density at radius 1 is 1.35 bits per heavy atom. The fourth-order valence-corrected chi connectivity index (χ4v) is 2.88. The van der Waals surface area contributed by atoms with Gasteiger partial charge in [0.2, 0.25) is 0 Å². The maximum absolute atomic E-state index is 6.29. The number of hydrogen-bond donors (Lipinski definition) is 1. The molecule has 2 nitrogen and oxygen atoms in total. The molecule has 1 aliphatic heterocycles. The van der Waals surface area contributed by atoms with Crippen molar-refractivity contribution in [1.82, 2.24) is 0 Å². The molecular formula is C14H18ClNO. The molecule has 1 aliphatic carbocycles. The Labute approximate surface area is 107 Å². The van der Waals surface area contributed by atoms with Crippen molar-refractivity contribution >= 4 is 11.6 Å². The van der Waals surface area contributed by atoms with Crippen LogP contribution in [0.2, 0.25) is 5.02 Å². The standard InChI is InChI=1S/C14H18ClNO/c1-13(2)8-10-5-9(7-14(16)3-4-14)6-11(15)12(10)17-13/h5-6H,3-4,7-8,16H2,1-2H3. The summed E-state index contributed by atoms with van der Waals surface area (Å²) in [6, 6.07) is 4.22. The number of fused-ring (bicyclic) bond motifs is 1. The van der Waals surface area contributed by atoms with Crippen LogP contribution in [0.25, 0.3) is 0 Å². The molecule has 17 heavy (non-hydrogen) atoms. The van der Waals surface area contributed by atoms with Gasteiger partial charge in [0, 0.05) is 12.0 Å². The first kappa shape index (κ1) is 11.4. The third-order valence-electron chi connectivity index (χ3n) is 3.62. The highest BCUT2D eigenvalue weighted by Gasteiger charge is 2.39. The Balaban J connectivity index is 1.92. The van der Waals surface area contributed by atoms with Crippen LogP contribution in [-0.2, 0) is 12.8 Å². The van der Waals surface area contributed by atoms with E-state index in [1.807, 2.05) is 6.07 Å². The van der Waals surface area contributed by atoms with Crippen molar-refractivity contribution in [2.75, 3.05) is 0 Å². The molecule has 0 spiro atoms. The van der Waals surface area contributed by atoms with E-state index >= 15 is 0 Å². The highest BCUT2D eigenvalue weighted by molar-refractivity contribution is 6.32. The molecule has 0 atom stereocenters. The summed E-state index contributed by atoms with van der Waals surface area (Å²) < 4.78 is 5.86. The van der Waals surface area contributed by atoms with E-state index < -0.39 is 0 Å². The SMILES string of the molecule is CC1(C)Cc2cc(CC3(N)CC3)cc(Cl)c2O1. The zero-order valence-corrected chi connectivity index (χ0v) is 11.1. The number of hydrogen-bond acceptors (Lipinski definition) is 2. The quantitative estimate of drug-likeness (QED) is 0.877. The molecule has 3 rings (SSSR count). The molecule has 1 aromatic carbocycles. The normalized spacial score (nSPS) is 23.1. The minimum atomic E-state index is -0.134. The summed E-state index contributed by atoms with van der Waals surface area (Å²) in [5.41, 5.74) is 8.52. The summed E-state index contributed by atoms with van der Waals surface area (Å²) in [6.45, 7) is 4.18. The van der Waals surface area contributed by atoms with Crippen LogP contribution in [0.5, 0.6) is 5.75 Å². The molecule has 1 fully saturated rings. The molecule has 0 radical (unpaired) electrons. The van der Waals surface area contributed by atoms with Crippen LogP contribution in [0.4, 0.5) is 0 Å². The van der Waals surface area contributed by atoms with E-state index in [2.05, 4.69) is 19.9 Å². The average molecular weight is 252 g/mol. The van der Waals surface area contributed by atoms with E-state index in [9.17, 15) is 0 Å². The van der Waals surface area contributed by atoms with Gasteiger partial charge in [0.05, 0.1) is 5.02 Å². The van der Waals surface area contributed by atoms with Gasteiger partial charge >= 0.3 is 0 Å². The van der Waals surface area contributed by atoms with Crippen LogP contribution in [-0.4, -0.2) is 11.1 Å². The van der Waals surface area contributed by atoms with Crippen molar-refractivity contribution in [2.24, 2.45) is 5.73 Å². The number of benzene rings is 1. The minimum absolute atomic E-state index is 0.0343. The second kappa shape index (κ2) is 3.39. The predicted molar refractivity (Wildman–Crippen MR) is 69.7 cm³/mol. The molecule has 1 aromatic rings. The predicted octanol–water partition coefficient (Wildman–Crippen LogP) is 3.09. The first-order chi connectivity index (χ1) is 7.87. The zero-order chi connectivity index (χ0) is 12.3. The van der Waals surface area contributed by atoms with Crippen LogP contribution in [0.15, 0.2) is 12.1 Å². The lowest BCUT2D eigenvalue weighted by molar-refractivity contribution is 0.138. The van der Waals surface area contributed by atoms with E-state index in [0.717, 1.165) is 36.5 Å². The molecule has 0 saturated heterocycles. The summed E-state index contributed by atoms with van der Waals surface area (Å²) in [6.07, 6.45) is 4.11. The van der Waals surface area contributed by atoms with E-state index in [-0.39, 0.29) is 11.1 Å². The monoisotopic (exact) mass is 251 g/mol. The fraction of sp³-hybridized carbons (Fsp3) is 0.571. The maximum atomic E-state index is 6.29. The number of rotatable bonds is 2. The molecule has 3 heteroatoms. The third kappa shape index (κ3) is 2.16. The number of nitrogens with two attached hydrogens (primary N) is 1. The number of ether oxygens (including phenoxy) is 1. The van der Waals surface area contributed by atoms with Crippen LogP contribution < -0.4 is 10.5 Å². The molecular weight excluding hydrogens is 234 g/mol. The van der Waals surface area contributed by atoms with Gasteiger partial charge in [-0.2, -0.15) is 0 Å². The van der Waals surface area contributed by atoms with Gasteiger partial charge in [0.1, 0.15) is 11.4 Å². The maximum Gasteiger partial charge on any atom is 0.142 e. The lowest BCUT2D eigenvalue weighted by atomic mass is 9.97. The molecule has 0 unspecified atom stereocenters.